The number of nitrogens with zero attached hydrogens (tertiary/aromatic N) is 1. The maximum Gasteiger partial charge on any atom is 0.128 e. The topological polar surface area (TPSA) is 30.9 Å². The van der Waals surface area contributed by atoms with E-state index in [1.165, 1.54) is 17.1 Å². The molecule has 0 atom stereocenters. The van der Waals surface area contributed by atoms with E-state index < -0.39 is 0 Å². The summed E-state index contributed by atoms with van der Waals surface area (Å²) in [5, 5.41) is 1.62. The highest BCUT2D eigenvalue weighted by Gasteiger charge is 2.13. The molecule has 2 N–H and O–H groups in total. The Hall–Kier alpha value is -2.78. The number of para-hydroxylation sites is 1. The van der Waals surface area contributed by atoms with Gasteiger partial charge in [0.25, 0.3) is 0 Å². The molecule has 27 heavy (non-hydrogen) atoms. The fraction of sp³-hybridized carbons (Fsp3) is 0.130. The van der Waals surface area contributed by atoms with E-state index >= 15 is 0 Å². The molecule has 0 spiro atoms. The fourth-order valence-corrected chi connectivity index (χ4v) is 3.78. The molecule has 1 aromatic heterocycles. The number of aromatic nitrogens is 1. The predicted molar refractivity (Wildman–Crippen MR) is 111 cm³/mol. The summed E-state index contributed by atoms with van der Waals surface area (Å²) < 4.78 is 16.5. The van der Waals surface area contributed by atoms with Crippen LogP contribution in [0.4, 0.5) is 10.1 Å². The third kappa shape index (κ3) is 3.19. The van der Waals surface area contributed by atoms with Gasteiger partial charge in [-0.1, -0.05) is 42.8 Å². The highest BCUT2D eigenvalue weighted by atomic mass is 35.5. The van der Waals surface area contributed by atoms with Crippen LogP contribution < -0.4 is 5.73 Å². The normalized spacial score (nSPS) is 11.2. The van der Waals surface area contributed by atoms with Crippen LogP contribution in [0.2, 0.25) is 5.02 Å². The Balaban J connectivity index is 1.84. The number of fused-ring (bicyclic) bond motifs is 1. The molecule has 0 aliphatic carbocycles. The van der Waals surface area contributed by atoms with Gasteiger partial charge in [-0.05, 0) is 54.4 Å². The Morgan fingerprint density at radius 2 is 1.81 bits per heavy atom. The Labute approximate surface area is 163 Å². The Bertz CT molecular complexity index is 1110. The quantitative estimate of drug-likeness (QED) is 0.424. The number of nitrogens with two attached hydrogens (primary N) is 1. The summed E-state index contributed by atoms with van der Waals surface area (Å²) in [5.74, 6) is -0.312. The second-order valence-corrected chi connectivity index (χ2v) is 7.05. The lowest BCUT2D eigenvalue weighted by atomic mass is 10.0. The van der Waals surface area contributed by atoms with E-state index in [0.717, 1.165) is 23.2 Å². The monoisotopic (exact) mass is 378 g/mol. The van der Waals surface area contributed by atoms with Crippen molar-refractivity contribution in [2.24, 2.45) is 0 Å². The molecular formula is C23H20ClFN2. The van der Waals surface area contributed by atoms with Gasteiger partial charge in [-0.25, -0.2) is 4.39 Å². The molecule has 4 heteroatoms. The van der Waals surface area contributed by atoms with Crippen molar-refractivity contribution < 1.29 is 4.39 Å². The van der Waals surface area contributed by atoms with Crippen LogP contribution in [0.3, 0.4) is 0 Å². The zero-order chi connectivity index (χ0) is 19.0. The minimum atomic E-state index is -0.312. The lowest BCUT2D eigenvalue weighted by Crippen LogP contribution is -2.03. The number of aryl methyl sites for hydroxylation is 1. The van der Waals surface area contributed by atoms with Crippen molar-refractivity contribution in [2.75, 3.05) is 5.73 Å². The highest BCUT2D eigenvalue weighted by molar-refractivity contribution is 6.31. The fourth-order valence-electron chi connectivity index (χ4n) is 3.55. The van der Waals surface area contributed by atoms with Gasteiger partial charge in [0.1, 0.15) is 5.82 Å². The van der Waals surface area contributed by atoms with Crippen molar-refractivity contribution in [3.05, 3.63) is 94.4 Å². The first kappa shape index (κ1) is 17.6. The Morgan fingerprint density at radius 3 is 2.59 bits per heavy atom. The second kappa shape index (κ2) is 7.09. The minimum absolute atomic E-state index is 0.312. The van der Waals surface area contributed by atoms with E-state index in [-0.39, 0.29) is 5.82 Å². The summed E-state index contributed by atoms with van der Waals surface area (Å²) >= 11 is 6.21. The van der Waals surface area contributed by atoms with Crippen LogP contribution in [0, 0.1) is 5.82 Å². The SMILES string of the molecule is CCc1cc2ccccc2n1-c1ccc(N)c(Cc2c(F)cccc2Cl)c1. The summed E-state index contributed by atoms with van der Waals surface area (Å²) in [6, 6.07) is 21.2. The minimum Gasteiger partial charge on any atom is -0.398 e. The van der Waals surface area contributed by atoms with Crippen LogP contribution in [0.5, 0.6) is 0 Å². The molecule has 0 amide bonds. The zero-order valence-electron chi connectivity index (χ0n) is 15.0. The summed E-state index contributed by atoms with van der Waals surface area (Å²) in [6.45, 7) is 2.14. The Morgan fingerprint density at radius 1 is 1.00 bits per heavy atom. The molecule has 0 aliphatic rings. The first-order chi connectivity index (χ1) is 13.1. The van der Waals surface area contributed by atoms with Gasteiger partial charge < -0.3 is 10.3 Å². The van der Waals surface area contributed by atoms with Crippen molar-refractivity contribution in [3.63, 3.8) is 0 Å². The number of halogens is 2. The van der Waals surface area contributed by atoms with Crippen molar-refractivity contribution in [2.45, 2.75) is 19.8 Å². The molecule has 4 aromatic rings. The van der Waals surface area contributed by atoms with Crippen LogP contribution in [0.1, 0.15) is 23.7 Å². The molecule has 4 rings (SSSR count). The molecular weight excluding hydrogens is 359 g/mol. The van der Waals surface area contributed by atoms with Gasteiger partial charge in [0.15, 0.2) is 0 Å². The van der Waals surface area contributed by atoms with E-state index in [0.29, 0.717) is 22.7 Å². The molecule has 136 valence electrons. The Kier molecular flexibility index (Phi) is 4.63. The lowest BCUT2D eigenvalue weighted by Gasteiger charge is -2.14. The maximum absolute atomic E-state index is 14.2. The second-order valence-electron chi connectivity index (χ2n) is 6.64. The maximum atomic E-state index is 14.2. The van der Waals surface area contributed by atoms with E-state index in [9.17, 15) is 4.39 Å². The number of anilines is 1. The standard InChI is InChI=1S/C23H20ClFN2/c1-2-17-12-15-6-3-4-9-23(15)27(17)18-10-11-22(26)16(13-18)14-19-20(24)7-5-8-21(19)25/h3-13H,2,14,26H2,1H3. The number of hydrogen-bond acceptors (Lipinski definition) is 1. The first-order valence-corrected chi connectivity index (χ1v) is 9.37. The molecule has 3 aromatic carbocycles. The van der Waals surface area contributed by atoms with Crippen molar-refractivity contribution in [3.8, 4) is 5.69 Å². The largest absolute Gasteiger partial charge is 0.398 e. The highest BCUT2D eigenvalue weighted by Crippen LogP contribution is 2.29. The average molecular weight is 379 g/mol. The van der Waals surface area contributed by atoms with Crippen molar-refractivity contribution >= 4 is 28.2 Å². The molecule has 0 radical (unpaired) electrons. The van der Waals surface area contributed by atoms with Crippen LogP contribution in [0.15, 0.2) is 66.7 Å². The van der Waals surface area contributed by atoms with Crippen molar-refractivity contribution in [1.82, 2.24) is 4.57 Å². The molecule has 0 bridgehead atoms. The third-order valence-corrected chi connectivity index (χ3v) is 5.32. The van der Waals surface area contributed by atoms with Gasteiger partial charge in [-0.15, -0.1) is 0 Å². The number of nitrogen functional groups attached to an aromatic ring is 1. The predicted octanol–water partition coefficient (Wildman–Crippen LogP) is 6.16. The molecule has 2 nitrogen and oxygen atoms in total. The van der Waals surface area contributed by atoms with Gasteiger partial charge in [0.2, 0.25) is 0 Å². The molecule has 0 fully saturated rings. The van der Waals surface area contributed by atoms with Gasteiger partial charge in [-0.2, -0.15) is 0 Å². The molecule has 1 heterocycles. The summed E-state index contributed by atoms with van der Waals surface area (Å²) in [7, 11) is 0. The molecule has 0 aliphatic heterocycles. The molecule has 0 saturated carbocycles. The van der Waals surface area contributed by atoms with E-state index in [1.807, 2.05) is 30.3 Å². The summed E-state index contributed by atoms with van der Waals surface area (Å²) in [6.07, 6.45) is 1.26. The lowest BCUT2D eigenvalue weighted by molar-refractivity contribution is 0.614. The van der Waals surface area contributed by atoms with Crippen LogP contribution in [0.25, 0.3) is 16.6 Å². The van der Waals surface area contributed by atoms with Gasteiger partial charge >= 0.3 is 0 Å². The summed E-state index contributed by atoms with van der Waals surface area (Å²) in [5.41, 5.74) is 11.5. The number of rotatable bonds is 4. The molecule has 0 unspecified atom stereocenters. The third-order valence-electron chi connectivity index (χ3n) is 4.96. The number of benzene rings is 3. The van der Waals surface area contributed by atoms with Crippen LogP contribution >= 0.6 is 11.6 Å². The number of hydrogen-bond donors (Lipinski definition) is 1. The van der Waals surface area contributed by atoms with Gasteiger partial charge in [0, 0.05) is 39.5 Å². The van der Waals surface area contributed by atoms with Gasteiger partial charge in [0.05, 0.1) is 5.52 Å². The van der Waals surface area contributed by atoms with E-state index in [2.05, 4.69) is 29.7 Å². The van der Waals surface area contributed by atoms with E-state index in [1.54, 1.807) is 12.1 Å². The van der Waals surface area contributed by atoms with E-state index in [4.69, 9.17) is 17.3 Å². The summed E-state index contributed by atoms with van der Waals surface area (Å²) in [4.78, 5) is 0. The molecule has 0 saturated heterocycles. The van der Waals surface area contributed by atoms with Gasteiger partial charge in [-0.3, -0.25) is 0 Å². The van der Waals surface area contributed by atoms with Crippen molar-refractivity contribution in [1.29, 1.82) is 0 Å². The average Bonchev–Trinajstić information content (AvgIpc) is 3.05. The van der Waals surface area contributed by atoms with Crippen LogP contribution in [-0.4, -0.2) is 4.57 Å². The van der Waals surface area contributed by atoms with Crippen LogP contribution in [-0.2, 0) is 12.8 Å². The smallest absolute Gasteiger partial charge is 0.128 e. The first-order valence-electron chi connectivity index (χ1n) is 8.99. The zero-order valence-corrected chi connectivity index (χ0v) is 15.8.